The van der Waals surface area contributed by atoms with Crippen molar-refractivity contribution in [2.24, 2.45) is 5.92 Å². The van der Waals surface area contributed by atoms with Crippen LogP contribution in [0, 0.1) is 5.92 Å². The van der Waals surface area contributed by atoms with Gasteiger partial charge in [-0.1, -0.05) is 13.8 Å². The van der Waals surface area contributed by atoms with E-state index in [2.05, 4.69) is 41.2 Å². The second-order valence-electron chi connectivity index (χ2n) is 6.49. The van der Waals surface area contributed by atoms with Crippen LogP contribution in [0.25, 0.3) is 0 Å². The van der Waals surface area contributed by atoms with E-state index in [0.29, 0.717) is 11.6 Å². The Morgan fingerprint density at radius 1 is 1.25 bits per heavy atom. The van der Waals surface area contributed by atoms with Crippen molar-refractivity contribution in [2.45, 2.75) is 57.7 Å². The molecule has 1 saturated heterocycles. The van der Waals surface area contributed by atoms with Crippen LogP contribution in [-0.2, 0) is 6.54 Å². The van der Waals surface area contributed by atoms with Crippen molar-refractivity contribution in [3.05, 3.63) is 30.1 Å². The molecule has 1 atom stereocenters. The number of nitrogens with one attached hydrogen (secondary N) is 1. The molecule has 3 nitrogen and oxygen atoms in total. The Hall–Kier alpha value is -0.930. The van der Waals surface area contributed by atoms with Gasteiger partial charge in [-0.15, -0.1) is 0 Å². The van der Waals surface area contributed by atoms with Gasteiger partial charge in [0.2, 0.25) is 0 Å². The van der Waals surface area contributed by atoms with Gasteiger partial charge in [0.1, 0.15) is 0 Å². The van der Waals surface area contributed by atoms with E-state index in [9.17, 15) is 0 Å². The molecule has 0 spiro atoms. The Morgan fingerprint density at radius 2 is 1.95 bits per heavy atom. The zero-order valence-electron chi connectivity index (χ0n) is 12.8. The summed E-state index contributed by atoms with van der Waals surface area (Å²) in [5, 5.41) is 3.84. The monoisotopic (exact) mass is 273 g/mol. The van der Waals surface area contributed by atoms with Gasteiger partial charge in [-0.3, -0.25) is 9.88 Å². The maximum Gasteiger partial charge on any atom is 0.0333 e. The fraction of sp³-hybridized carbons (Fsp3) is 0.706. The third-order valence-electron chi connectivity index (χ3n) is 5.41. The minimum Gasteiger partial charge on any atom is -0.311 e. The van der Waals surface area contributed by atoms with Crippen molar-refractivity contribution in [3.8, 4) is 0 Å². The van der Waals surface area contributed by atoms with Crippen LogP contribution in [-0.4, -0.2) is 34.6 Å². The fourth-order valence-electron chi connectivity index (χ4n) is 3.63. The zero-order valence-corrected chi connectivity index (χ0v) is 12.8. The lowest BCUT2D eigenvalue weighted by Crippen LogP contribution is -2.64. The van der Waals surface area contributed by atoms with Gasteiger partial charge < -0.3 is 5.32 Å². The summed E-state index contributed by atoms with van der Waals surface area (Å²) in [5.41, 5.74) is 1.72. The normalized spacial score (nSPS) is 26.6. The molecule has 1 saturated carbocycles. The Morgan fingerprint density at radius 3 is 2.55 bits per heavy atom. The highest BCUT2D eigenvalue weighted by Crippen LogP contribution is 2.37. The lowest BCUT2D eigenvalue weighted by atomic mass is 9.86. The van der Waals surface area contributed by atoms with Crippen LogP contribution in [0.1, 0.15) is 45.1 Å². The van der Waals surface area contributed by atoms with Crippen LogP contribution in [0.4, 0.5) is 0 Å². The lowest BCUT2D eigenvalue weighted by Gasteiger charge is -2.50. The first kappa shape index (κ1) is 14.0. The van der Waals surface area contributed by atoms with Gasteiger partial charge in [-0.05, 0) is 49.3 Å². The highest BCUT2D eigenvalue weighted by Gasteiger charge is 2.43. The SMILES string of the molecule is CCC1(CC)CNC(C2CC2)CN1Cc1ccncc1. The third-order valence-corrected chi connectivity index (χ3v) is 5.41. The van der Waals surface area contributed by atoms with Crippen LogP contribution in [0.5, 0.6) is 0 Å². The molecule has 2 heterocycles. The molecule has 0 aromatic carbocycles. The Bertz CT molecular complexity index is 423. The van der Waals surface area contributed by atoms with Crippen LogP contribution in [0.15, 0.2) is 24.5 Å². The van der Waals surface area contributed by atoms with E-state index in [1.807, 2.05) is 12.4 Å². The second-order valence-corrected chi connectivity index (χ2v) is 6.49. The molecular weight excluding hydrogens is 246 g/mol. The van der Waals surface area contributed by atoms with Crippen molar-refractivity contribution in [2.75, 3.05) is 13.1 Å². The molecule has 0 radical (unpaired) electrons. The highest BCUT2D eigenvalue weighted by molar-refractivity contribution is 5.12. The maximum absolute atomic E-state index is 4.14. The number of aromatic nitrogens is 1. The van der Waals surface area contributed by atoms with Crippen molar-refractivity contribution in [3.63, 3.8) is 0 Å². The highest BCUT2D eigenvalue weighted by atomic mass is 15.3. The summed E-state index contributed by atoms with van der Waals surface area (Å²) in [4.78, 5) is 6.88. The van der Waals surface area contributed by atoms with Crippen molar-refractivity contribution < 1.29 is 0 Å². The maximum atomic E-state index is 4.14. The molecule has 1 aliphatic heterocycles. The van der Waals surface area contributed by atoms with E-state index in [4.69, 9.17) is 0 Å². The minimum atomic E-state index is 0.328. The van der Waals surface area contributed by atoms with Crippen molar-refractivity contribution in [1.82, 2.24) is 15.2 Å². The smallest absolute Gasteiger partial charge is 0.0333 e. The average Bonchev–Trinajstić information content (AvgIpc) is 3.33. The number of rotatable bonds is 5. The summed E-state index contributed by atoms with van der Waals surface area (Å²) < 4.78 is 0. The first-order valence-corrected chi connectivity index (χ1v) is 8.15. The Balaban J connectivity index is 1.76. The number of hydrogen-bond donors (Lipinski definition) is 1. The Labute approximate surface area is 122 Å². The molecular formula is C17H27N3. The average molecular weight is 273 g/mol. The molecule has 1 unspecified atom stereocenters. The molecule has 3 rings (SSSR count). The quantitative estimate of drug-likeness (QED) is 0.894. The van der Waals surface area contributed by atoms with Crippen molar-refractivity contribution >= 4 is 0 Å². The topological polar surface area (TPSA) is 28.2 Å². The molecule has 2 fully saturated rings. The van der Waals surface area contributed by atoms with Crippen LogP contribution in [0.2, 0.25) is 0 Å². The standard InChI is InChI=1S/C17H27N3/c1-3-17(4-2)13-19-16(15-5-6-15)12-20(17)11-14-7-9-18-10-8-14/h7-10,15-16,19H,3-6,11-13H2,1-2H3. The van der Waals surface area contributed by atoms with Gasteiger partial charge in [0.25, 0.3) is 0 Å². The lowest BCUT2D eigenvalue weighted by molar-refractivity contribution is 0.0202. The van der Waals surface area contributed by atoms with Gasteiger partial charge in [0, 0.05) is 43.6 Å². The van der Waals surface area contributed by atoms with E-state index in [1.54, 1.807) is 0 Å². The Kier molecular flexibility index (Phi) is 4.08. The predicted molar refractivity (Wildman–Crippen MR) is 82.5 cm³/mol. The number of nitrogens with zero attached hydrogens (tertiary/aromatic N) is 2. The van der Waals surface area contributed by atoms with Gasteiger partial charge in [-0.2, -0.15) is 0 Å². The van der Waals surface area contributed by atoms with E-state index in [0.717, 1.165) is 19.0 Å². The molecule has 1 aliphatic carbocycles. The summed E-state index contributed by atoms with van der Waals surface area (Å²) in [7, 11) is 0. The summed E-state index contributed by atoms with van der Waals surface area (Å²) >= 11 is 0. The number of pyridine rings is 1. The third kappa shape index (κ3) is 2.75. The van der Waals surface area contributed by atoms with E-state index in [-0.39, 0.29) is 0 Å². The van der Waals surface area contributed by atoms with Crippen LogP contribution in [0.3, 0.4) is 0 Å². The fourth-order valence-corrected chi connectivity index (χ4v) is 3.63. The zero-order chi connectivity index (χ0) is 14.0. The summed E-state index contributed by atoms with van der Waals surface area (Å²) in [5.74, 6) is 0.932. The van der Waals surface area contributed by atoms with Gasteiger partial charge >= 0.3 is 0 Å². The first-order chi connectivity index (χ1) is 9.77. The van der Waals surface area contributed by atoms with Gasteiger partial charge in [0.15, 0.2) is 0 Å². The van der Waals surface area contributed by atoms with Crippen LogP contribution < -0.4 is 5.32 Å². The van der Waals surface area contributed by atoms with E-state index >= 15 is 0 Å². The minimum absolute atomic E-state index is 0.328. The second kappa shape index (κ2) is 5.82. The van der Waals surface area contributed by atoms with E-state index < -0.39 is 0 Å². The van der Waals surface area contributed by atoms with Crippen molar-refractivity contribution in [1.29, 1.82) is 0 Å². The summed E-state index contributed by atoms with van der Waals surface area (Å²) in [6.07, 6.45) is 9.11. The molecule has 3 heteroatoms. The van der Waals surface area contributed by atoms with Crippen LogP contribution >= 0.6 is 0 Å². The predicted octanol–water partition coefficient (Wildman–Crippen LogP) is 2.82. The molecule has 1 N–H and O–H groups in total. The number of piperazine rings is 1. The molecule has 0 amide bonds. The molecule has 0 bridgehead atoms. The van der Waals surface area contributed by atoms with Gasteiger partial charge in [0.05, 0.1) is 0 Å². The molecule has 1 aromatic heterocycles. The summed E-state index contributed by atoms with van der Waals surface area (Å²) in [6, 6.07) is 5.03. The van der Waals surface area contributed by atoms with Gasteiger partial charge in [-0.25, -0.2) is 0 Å². The molecule has 2 aliphatic rings. The molecule has 1 aromatic rings. The number of hydrogen-bond acceptors (Lipinski definition) is 3. The molecule has 20 heavy (non-hydrogen) atoms. The largest absolute Gasteiger partial charge is 0.311 e. The summed E-state index contributed by atoms with van der Waals surface area (Å²) in [6.45, 7) is 8.08. The van der Waals surface area contributed by atoms with E-state index in [1.165, 1.54) is 37.8 Å². The molecule has 110 valence electrons. The first-order valence-electron chi connectivity index (χ1n) is 8.15.